The number of amidine groups is 1. The van der Waals surface area contributed by atoms with E-state index in [4.69, 9.17) is 4.74 Å². The summed E-state index contributed by atoms with van der Waals surface area (Å²) in [5, 5.41) is 0. The van der Waals surface area contributed by atoms with Crippen LogP contribution in [0.25, 0.3) is 0 Å². The van der Waals surface area contributed by atoms with Crippen LogP contribution in [0, 0.1) is 11.3 Å². The molecule has 2 unspecified atom stereocenters. The van der Waals surface area contributed by atoms with E-state index >= 15 is 0 Å². The molecule has 1 aliphatic heterocycles. The lowest BCUT2D eigenvalue weighted by Gasteiger charge is -2.30. The average Bonchev–Trinajstić information content (AvgIpc) is 2.22. The van der Waals surface area contributed by atoms with Gasteiger partial charge in [-0.1, -0.05) is 27.7 Å². The zero-order valence-corrected chi connectivity index (χ0v) is 12.8. The fraction of sp³-hybridized carbons (Fsp3) is 0.857. The van der Waals surface area contributed by atoms with Crippen LogP contribution in [0.15, 0.2) is 9.98 Å². The molecule has 0 spiro atoms. The maximum absolute atomic E-state index is 5.89. The molecule has 0 saturated carbocycles. The van der Waals surface area contributed by atoms with E-state index in [1.54, 1.807) is 0 Å². The lowest BCUT2D eigenvalue weighted by molar-refractivity contribution is 0.0311. The number of hydrogen-bond donors (Lipinski definition) is 0. The van der Waals surface area contributed by atoms with Crippen molar-refractivity contribution in [3.05, 3.63) is 0 Å². The first-order chi connectivity index (χ1) is 8.21. The van der Waals surface area contributed by atoms with E-state index in [1.807, 2.05) is 14.1 Å². The van der Waals surface area contributed by atoms with Gasteiger partial charge in [0.25, 0.3) is 0 Å². The molecule has 0 aliphatic carbocycles. The number of likely N-dealkylation sites (N-methyl/N-ethyl adjacent to an activating group) is 1. The zero-order chi connectivity index (χ0) is 13.9. The third-order valence-electron chi connectivity index (χ3n) is 3.12. The maximum Gasteiger partial charge on any atom is 0.158 e. The average molecular weight is 253 g/mol. The molecular formula is C14H27N3O. The molecule has 0 aromatic heterocycles. The molecule has 4 nitrogen and oxygen atoms in total. The van der Waals surface area contributed by atoms with Gasteiger partial charge in [-0.15, -0.1) is 0 Å². The summed E-state index contributed by atoms with van der Waals surface area (Å²) < 4.78 is 5.89. The van der Waals surface area contributed by atoms with Gasteiger partial charge in [-0.25, -0.2) is 9.98 Å². The first-order valence-corrected chi connectivity index (χ1v) is 6.61. The van der Waals surface area contributed by atoms with Gasteiger partial charge >= 0.3 is 0 Å². The smallest absolute Gasteiger partial charge is 0.158 e. The monoisotopic (exact) mass is 253 g/mol. The number of hydrogen-bond acceptors (Lipinski definition) is 4. The highest BCUT2D eigenvalue weighted by Gasteiger charge is 2.29. The molecule has 104 valence electrons. The largest absolute Gasteiger partial charge is 0.354 e. The summed E-state index contributed by atoms with van der Waals surface area (Å²) in [6, 6.07) is 0. The van der Waals surface area contributed by atoms with Crippen molar-refractivity contribution in [1.29, 1.82) is 0 Å². The van der Waals surface area contributed by atoms with Gasteiger partial charge in [-0.05, 0) is 21.0 Å². The summed E-state index contributed by atoms with van der Waals surface area (Å²) in [4.78, 5) is 11.4. The Kier molecular flexibility index (Phi) is 5.05. The van der Waals surface area contributed by atoms with Gasteiger partial charge in [-0.2, -0.15) is 0 Å². The predicted molar refractivity (Wildman–Crippen MR) is 77.5 cm³/mol. The second kappa shape index (κ2) is 5.93. The number of aliphatic imine (C=N–C) groups is 2. The molecule has 0 aromatic carbocycles. The SMILES string of the molecule is CC1=NC(C(C)(C)C)=NC(OCCN(C)C)C1C. The van der Waals surface area contributed by atoms with Crippen LogP contribution < -0.4 is 0 Å². The maximum atomic E-state index is 5.89. The highest BCUT2D eigenvalue weighted by Crippen LogP contribution is 2.25. The fourth-order valence-electron chi connectivity index (χ4n) is 1.64. The van der Waals surface area contributed by atoms with Crippen molar-refractivity contribution >= 4 is 11.5 Å². The minimum atomic E-state index is -0.0864. The van der Waals surface area contributed by atoms with Crippen molar-refractivity contribution in [2.75, 3.05) is 27.2 Å². The van der Waals surface area contributed by atoms with Gasteiger partial charge in [0.1, 0.15) is 5.84 Å². The van der Waals surface area contributed by atoms with Gasteiger partial charge < -0.3 is 9.64 Å². The Labute approximate surface area is 111 Å². The van der Waals surface area contributed by atoms with Crippen LogP contribution in [-0.4, -0.2) is 49.9 Å². The Morgan fingerprint density at radius 3 is 2.39 bits per heavy atom. The Balaban J connectivity index is 2.72. The van der Waals surface area contributed by atoms with Crippen LogP contribution in [0.3, 0.4) is 0 Å². The van der Waals surface area contributed by atoms with Gasteiger partial charge in [0.2, 0.25) is 0 Å². The molecule has 0 amide bonds. The van der Waals surface area contributed by atoms with E-state index < -0.39 is 0 Å². The molecule has 1 aliphatic rings. The minimum absolute atomic E-state index is 0.0233. The Morgan fingerprint density at radius 1 is 1.28 bits per heavy atom. The summed E-state index contributed by atoms with van der Waals surface area (Å²) in [6.07, 6.45) is -0.0864. The summed E-state index contributed by atoms with van der Waals surface area (Å²) in [7, 11) is 4.09. The molecule has 0 saturated heterocycles. The normalized spacial score (nSPS) is 25.1. The van der Waals surface area contributed by atoms with Crippen molar-refractivity contribution in [2.45, 2.75) is 40.8 Å². The first kappa shape index (κ1) is 15.3. The van der Waals surface area contributed by atoms with Crippen molar-refractivity contribution in [3.8, 4) is 0 Å². The summed E-state index contributed by atoms with van der Waals surface area (Å²) >= 11 is 0. The van der Waals surface area contributed by atoms with E-state index in [0.717, 1.165) is 18.1 Å². The van der Waals surface area contributed by atoms with E-state index in [1.165, 1.54) is 0 Å². The first-order valence-electron chi connectivity index (χ1n) is 6.61. The van der Waals surface area contributed by atoms with Crippen molar-refractivity contribution in [2.24, 2.45) is 21.3 Å². The quantitative estimate of drug-likeness (QED) is 0.771. The number of nitrogens with zero attached hydrogens (tertiary/aromatic N) is 3. The minimum Gasteiger partial charge on any atom is -0.354 e. The summed E-state index contributed by atoms with van der Waals surface area (Å²) in [5.41, 5.74) is 1.09. The van der Waals surface area contributed by atoms with Crippen LogP contribution in [0.4, 0.5) is 0 Å². The van der Waals surface area contributed by atoms with Crippen LogP contribution in [0.5, 0.6) is 0 Å². The van der Waals surface area contributed by atoms with Crippen LogP contribution in [-0.2, 0) is 4.74 Å². The van der Waals surface area contributed by atoms with Gasteiger partial charge in [0.15, 0.2) is 6.23 Å². The van der Waals surface area contributed by atoms with E-state index in [9.17, 15) is 0 Å². The summed E-state index contributed by atoms with van der Waals surface area (Å²) in [6.45, 7) is 12.2. The third kappa shape index (κ3) is 4.18. The molecule has 1 heterocycles. The van der Waals surface area contributed by atoms with Crippen molar-refractivity contribution < 1.29 is 4.74 Å². The number of ether oxygens (including phenoxy) is 1. The Hall–Kier alpha value is -0.740. The van der Waals surface area contributed by atoms with E-state index in [2.05, 4.69) is 49.5 Å². The molecule has 0 aromatic rings. The van der Waals surface area contributed by atoms with Crippen molar-refractivity contribution in [1.82, 2.24) is 4.90 Å². The molecule has 1 rings (SSSR count). The Bertz CT molecular complexity index is 339. The molecule has 0 N–H and O–H groups in total. The van der Waals surface area contributed by atoms with Crippen LogP contribution in [0.1, 0.15) is 34.6 Å². The molecule has 2 atom stereocenters. The van der Waals surface area contributed by atoms with Gasteiger partial charge in [0, 0.05) is 23.6 Å². The highest BCUT2D eigenvalue weighted by atomic mass is 16.5. The molecule has 0 radical (unpaired) electrons. The molecule has 0 fully saturated rings. The predicted octanol–water partition coefficient (Wildman–Crippen LogP) is 2.45. The highest BCUT2D eigenvalue weighted by molar-refractivity contribution is 6.02. The molecule has 4 heteroatoms. The van der Waals surface area contributed by atoms with Crippen molar-refractivity contribution in [3.63, 3.8) is 0 Å². The standard InChI is InChI=1S/C14H27N3O/c1-10-11(2)15-13(14(3,4)5)16-12(10)18-9-8-17(6)7/h10,12H,8-9H2,1-7H3. The molecule has 0 bridgehead atoms. The van der Waals surface area contributed by atoms with Gasteiger partial charge in [-0.3, -0.25) is 0 Å². The van der Waals surface area contributed by atoms with Crippen LogP contribution >= 0.6 is 0 Å². The third-order valence-corrected chi connectivity index (χ3v) is 3.12. The zero-order valence-electron chi connectivity index (χ0n) is 12.8. The second-order valence-electron chi connectivity index (χ2n) is 6.31. The fourth-order valence-corrected chi connectivity index (χ4v) is 1.64. The molecular weight excluding hydrogens is 226 g/mol. The lowest BCUT2D eigenvalue weighted by Crippen LogP contribution is -2.36. The topological polar surface area (TPSA) is 37.2 Å². The van der Waals surface area contributed by atoms with E-state index in [-0.39, 0.29) is 17.6 Å². The van der Waals surface area contributed by atoms with Crippen LogP contribution in [0.2, 0.25) is 0 Å². The Morgan fingerprint density at radius 2 is 1.89 bits per heavy atom. The lowest BCUT2D eigenvalue weighted by atomic mass is 9.92. The second-order valence-corrected chi connectivity index (χ2v) is 6.31. The van der Waals surface area contributed by atoms with E-state index in [0.29, 0.717) is 6.61 Å². The summed E-state index contributed by atoms with van der Waals surface area (Å²) in [5.74, 6) is 1.16. The number of rotatable bonds is 4. The van der Waals surface area contributed by atoms with Gasteiger partial charge in [0.05, 0.1) is 6.61 Å². The molecule has 18 heavy (non-hydrogen) atoms.